The third kappa shape index (κ3) is 5.44. The summed E-state index contributed by atoms with van der Waals surface area (Å²) in [6, 6.07) is 9.50. The Balaban J connectivity index is 1.70. The van der Waals surface area contributed by atoms with Crippen LogP contribution in [-0.2, 0) is 4.74 Å². The van der Waals surface area contributed by atoms with Crippen LogP contribution in [0.4, 0.5) is 22.0 Å². The number of pyridine rings is 1. The second-order valence-electron chi connectivity index (χ2n) is 4.36. The van der Waals surface area contributed by atoms with Crippen LogP contribution in [0.3, 0.4) is 0 Å². The van der Waals surface area contributed by atoms with Gasteiger partial charge in [0, 0.05) is 16.8 Å². The molecule has 0 bridgehead atoms. The zero-order valence-corrected chi connectivity index (χ0v) is 12.6. The molecule has 9 heteroatoms. The Morgan fingerprint density at radius 1 is 1.35 bits per heavy atom. The zero-order chi connectivity index (χ0) is 16.7. The van der Waals surface area contributed by atoms with Gasteiger partial charge in [0.15, 0.2) is 0 Å². The van der Waals surface area contributed by atoms with Gasteiger partial charge < -0.3 is 10.1 Å². The van der Waals surface area contributed by atoms with Crippen LogP contribution in [0.2, 0.25) is 5.02 Å². The molecule has 0 atom stereocenters. The van der Waals surface area contributed by atoms with E-state index in [1.165, 1.54) is 12.1 Å². The lowest BCUT2D eigenvalue weighted by Gasteiger charge is -2.08. The Kier molecular flexibility index (Phi) is 5.70. The van der Waals surface area contributed by atoms with Gasteiger partial charge in [0.1, 0.15) is 18.6 Å². The van der Waals surface area contributed by atoms with Gasteiger partial charge in [0.25, 0.3) is 5.69 Å². The molecule has 0 aliphatic rings. The Morgan fingerprint density at radius 3 is 2.83 bits per heavy atom. The highest BCUT2D eigenvalue weighted by molar-refractivity contribution is 6.30. The van der Waals surface area contributed by atoms with Crippen molar-refractivity contribution in [3.05, 3.63) is 57.7 Å². The number of nitro groups is 1. The fourth-order valence-electron chi connectivity index (χ4n) is 1.64. The molecule has 0 aliphatic carbocycles. The molecule has 8 nitrogen and oxygen atoms in total. The Labute approximate surface area is 136 Å². The molecule has 0 fully saturated rings. The molecular weight excluding hydrogens is 324 g/mol. The lowest BCUT2D eigenvalue weighted by Crippen LogP contribution is -2.18. The Morgan fingerprint density at radius 2 is 2.17 bits per heavy atom. The highest BCUT2D eigenvalue weighted by atomic mass is 35.5. The summed E-state index contributed by atoms with van der Waals surface area (Å²) in [6.07, 6.45) is 0.542. The number of ether oxygens (including phenoxy) is 1. The largest absolute Gasteiger partial charge is 0.447 e. The minimum Gasteiger partial charge on any atom is -0.447 e. The highest BCUT2D eigenvalue weighted by Gasteiger charge is 2.06. The van der Waals surface area contributed by atoms with Crippen molar-refractivity contribution in [1.29, 1.82) is 0 Å². The first kappa shape index (κ1) is 16.5. The van der Waals surface area contributed by atoms with Gasteiger partial charge in [-0.05, 0) is 24.3 Å². The zero-order valence-electron chi connectivity index (χ0n) is 11.9. The van der Waals surface area contributed by atoms with Crippen LogP contribution in [0.1, 0.15) is 0 Å². The van der Waals surface area contributed by atoms with Crippen molar-refractivity contribution < 1.29 is 14.5 Å². The van der Waals surface area contributed by atoms with E-state index in [-0.39, 0.29) is 12.3 Å². The molecule has 0 saturated heterocycles. The molecule has 120 valence electrons. The van der Waals surface area contributed by atoms with Gasteiger partial charge in [-0.1, -0.05) is 17.7 Å². The third-order valence-electron chi connectivity index (χ3n) is 2.67. The number of anilines is 2. The van der Waals surface area contributed by atoms with E-state index in [9.17, 15) is 14.9 Å². The number of benzene rings is 1. The van der Waals surface area contributed by atoms with Crippen molar-refractivity contribution in [3.8, 4) is 0 Å². The van der Waals surface area contributed by atoms with Crippen molar-refractivity contribution >= 4 is 34.9 Å². The van der Waals surface area contributed by atoms with Gasteiger partial charge in [-0.15, -0.1) is 0 Å². The van der Waals surface area contributed by atoms with Gasteiger partial charge in [0.2, 0.25) is 0 Å². The average Bonchev–Trinajstić information content (AvgIpc) is 2.52. The van der Waals surface area contributed by atoms with E-state index < -0.39 is 11.0 Å². The quantitative estimate of drug-likeness (QED) is 0.476. The van der Waals surface area contributed by atoms with Crippen LogP contribution in [0.25, 0.3) is 0 Å². The molecule has 2 aromatic rings. The van der Waals surface area contributed by atoms with Gasteiger partial charge in [0.05, 0.1) is 11.5 Å². The molecular formula is C14H13ClN4O4. The van der Waals surface area contributed by atoms with Gasteiger partial charge in [-0.25, -0.2) is 9.78 Å². The average molecular weight is 337 g/mol. The second kappa shape index (κ2) is 7.95. The molecule has 0 radical (unpaired) electrons. The van der Waals surface area contributed by atoms with Crippen molar-refractivity contribution in [2.24, 2.45) is 0 Å². The van der Waals surface area contributed by atoms with Crippen LogP contribution in [0.5, 0.6) is 0 Å². The summed E-state index contributed by atoms with van der Waals surface area (Å²) < 4.78 is 4.98. The number of halogens is 1. The maximum absolute atomic E-state index is 11.6. The number of aromatic nitrogens is 1. The normalized spacial score (nSPS) is 9.96. The van der Waals surface area contributed by atoms with Crippen molar-refractivity contribution in [2.45, 2.75) is 0 Å². The van der Waals surface area contributed by atoms with E-state index in [1.54, 1.807) is 24.3 Å². The predicted octanol–water partition coefficient (Wildman–Crippen LogP) is 3.30. The molecule has 1 heterocycles. The summed E-state index contributed by atoms with van der Waals surface area (Å²) in [6.45, 7) is 0.416. The molecule has 1 amide bonds. The van der Waals surface area contributed by atoms with Crippen LogP contribution in [0, 0.1) is 10.1 Å². The highest BCUT2D eigenvalue weighted by Crippen LogP contribution is 2.15. The van der Waals surface area contributed by atoms with Gasteiger partial charge in [-0.3, -0.25) is 15.4 Å². The lowest BCUT2D eigenvalue weighted by molar-refractivity contribution is -0.385. The first-order valence-electron chi connectivity index (χ1n) is 6.58. The molecule has 23 heavy (non-hydrogen) atoms. The predicted molar refractivity (Wildman–Crippen MR) is 85.8 cm³/mol. The maximum Gasteiger partial charge on any atom is 0.411 e. The summed E-state index contributed by atoms with van der Waals surface area (Å²) in [5.74, 6) is 0.453. The van der Waals surface area contributed by atoms with Crippen LogP contribution >= 0.6 is 11.6 Å². The monoisotopic (exact) mass is 336 g/mol. The molecule has 2 rings (SSSR count). The topological polar surface area (TPSA) is 106 Å². The summed E-state index contributed by atoms with van der Waals surface area (Å²) >= 11 is 5.80. The molecule has 1 aromatic heterocycles. The van der Waals surface area contributed by atoms with Gasteiger partial charge in [-0.2, -0.15) is 0 Å². The van der Waals surface area contributed by atoms with Crippen LogP contribution < -0.4 is 10.6 Å². The van der Waals surface area contributed by atoms with E-state index >= 15 is 0 Å². The van der Waals surface area contributed by atoms with E-state index in [4.69, 9.17) is 16.3 Å². The van der Waals surface area contributed by atoms with Gasteiger partial charge >= 0.3 is 6.09 Å². The van der Waals surface area contributed by atoms with Crippen molar-refractivity contribution in [2.75, 3.05) is 23.8 Å². The molecule has 0 saturated carbocycles. The van der Waals surface area contributed by atoms with Crippen LogP contribution in [-0.4, -0.2) is 29.2 Å². The van der Waals surface area contributed by atoms with E-state index in [2.05, 4.69) is 15.6 Å². The minimum absolute atomic E-state index is 0.0901. The number of amides is 1. The summed E-state index contributed by atoms with van der Waals surface area (Å²) in [4.78, 5) is 25.4. The van der Waals surface area contributed by atoms with E-state index in [1.807, 2.05) is 0 Å². The first-order chi connectivity index (χ1) is 11.0. The molecule has 2 N–H and O–H groups in total. The summed E-state index contributed by atoms with van der Waals surface area (Å²) in [5.41, 5.74) is 0.445. The molecule has 0 aliphatic heterocycles. The molecule has 0 spiro atoms. The van der Waals surface area contributed by atoms with E-state index in [0.717, 1.165) is 6.20 Å². The number of hydrogen-bond donors (Lipinski definition) is 2. The lowest BCUT2D eigenvalue weighted by atomic mass is 10.3. The number of nitrogens with zero attached hydrogens (tertiary/aromatic N) is 2. The number of carbonyl (C=O) groups is 1. The fraction of sp³-hybridized carbons (Fsp3) is 0.143. The minimum atomic E-state index is -0.606. The SMILES string of the molecule is O=C(Nc1cccc(Cl)c1)OCCNc1ccc([N+](=O)[O-])cn1. The summed E-state index contributed by atoms with van der Waals surface area (Å²) in [7, 11) is 0. The number of nitrogens with one attached hydrogen (secondary N) is 2. The fourth-order valence-corrected chi connectivity index (χ4v) is 1.83. The molecule has 0 unspecified atom stereocenters. The van der Waals surface area contributed by atoms with Crippen molar-refractivity contribution in [3.63, 3.8) is 0 Å². The summed E-state index contributed by atoms with van der Waals surface area (Å²) in [5, 5.41) is 16.4. The smallest absolute Gasteiger partial charge is 0.411 e. The van der Waals surface area contributed by atoms with Crippen LogP contribution in [0.15, 0.2) is 42.6 Å². The first-order valence-corrected chi connectivity index (χ1v) is 6.96. The maximum atomic E-state index is 11.6. The van der Waals surface area contributed by atoms with E-state index in [0.29, 0.717) is 23.1 Å². The molecule has 1 aromatic carbocycles. The number of carbonyl (C=O) groups excluding carboxylic acids is 1. The Bertz CT molecular complexity index is 693. The number of hydrogen-bond acceptors (Lipinski definition) is 6. The van der Waals surface area contributed by atoms with Crippen molar-refractivity contribution in [1.82, 2.24) is 4.98 Å². The second-order valence-corrected chi connectivity index (χ2v) is 4.79. The standard InChI is InChI=1S/C14H13ClN4O4/c15-10-2-1-3-11(8-10)18-14(20)23-7-6-16-13-5-4-12(9-17-13)19(21)22/h1-5,8-9H,6-7H2,(H,16,17)(H,18,20). The number of rotatable bonds is 6. The third-order valence-corrected chi connectivity index (χ3v) is 2.91. The Hall–Kier alpha value is -2.87.